The molecule has 27 heavy (non-hydrogen) atoms. The third-order valence-electron chi connectivity index (χ3n) is 3.49. The van der Waals surface area contributed by atoms with Gasteiger partial charge in [0.2, 0.25) is 0 Å². The molecule has 0 aliphatic carbocycles. The molecule has 2 aromatic rings. The number of nitrogens with one attached hydrogen (secondary N) is 3. The number of rotatable bonds is 4. The van der Waals surface area contributed by atoms with E-state index in [1.165, 1.54) is 12.4 Å². The van der Waals surface area contributed by atoms with Crippen molar-refractivity contribution in [1.29, 1.82) is 0 Å². The van der Waals surface area contributed by atoms with Gasteiger partial charge in [-0.15, -0.1) is 5.53 Å². The number of carbonyl (C=O) groups excluding carboxylic acids is 1. The predicted octanol–water partition coefficient (Wildman–Crippen LogP) is 3.88. The number of hydrazine groups is 2. The van der Waals surface area contributed by atoms with Crippen molar-refractivity contribution in [3.8, 4) is 0 Å². The van der Waals surface area contributed by atoms with E-state index in [-0.39, 0.29) is 12.3 Å². The first kappa shape index (κ1) is 18.8. The van der Waals surface area contributed by atoms with Crippen LogP contribution in [0.25, 0.3) is 0 Å². The van der Waals surface area contributed by atoms with Crippen molar-refractivity contribution in [1.82, 2.24) is 11.1 Å². The number of nitrogens with zero attached hydrogens (tertiary/aromatic N) is 2. The van der Waals surface area contributed by atoms with Gasteiger partial charge in [0.05, 0.1) is 16.3 Å². The summed E-state index contributed by atoms with van der Waals surface area (Å²) >= 11 is 5.54. The van der Waals surface area contributed by atoms with Gasteiger partial charge in [-0.05, 0) is 35.9 Å². The van der Waals surface area contributed by atoms with Crippen LogP contribution >= 0.6 is 11.6 Å². The van der Waals surface area contributed by atoms with Crippen LogP contribution in [0.1, 0.15) is 11.1 Å². The van der Waals surface area contributed by atoms with Crippen LogP contribution < -0.4 is 21.4 Å². The smallest absolute Gasteiger partial charge is 0.417 e. The van der Waals surface area contributed by atoms with Gasteiger partial charge in [0.15, 0.2) is 0 Å². The van der Waals surface area contributed by atoms with Crippen LogP contribution in [0.15, 0.2) is 47.6 Å². The van der Waals surface area contributed by atoms with Gasteiger partial charge in [0.25, 0.3) is 0 Å². The molecule has 1 amide bonds. The van der Waals surface area contributed by atoms with E-state index in [0.29, 0.717) is 5.56 Å². The lowest BCUT2D eigenvalue weighted by Crippen LogP contribution is -2.37. The van der Waals surface area contributed by atoms with Gasteiger partial charge in [-0.2, -0.15) is 18.3 Å². The number of anilines is 2. The Morgan fingerprint density at radius 1 is 1.26 bits per heavy atom. The van der Waals surface area contributed by atoms with Crippen molar-refractivity contribution in [2.45, 2.75) is 12.8 Å². The van der Waals surface area contributed by atoms with E-state index in [1.807, 2.05) is 6.07 Å². The van der Waals surface area contributed by atoms with E-state index in [1.54, 1.807) is 23.2 Å². The second-order valence-corrected chi connectivity index (χ2v) is 5.81. The van der Waals surface area contributed by atoms with E-state index in [4.69, 9.17) is 16.3 Å². The van der Waals surface area contributed by atoms with Gasteiger partial charge in [-0.3, -0.25) is 5.32 Å². The lowest BCUT2D eigenvalue weighted by atomic mass is 10.2. The number of amides is 1. The zero-order valence-electron chi connectivity index (χ0n) is 13.5. The van der Waals surface area contributed by atoms with Crippen molar-refractivity contribution in [3.63, 3.8) is 0 Å². The average molecular weight is 400 g/mol. The Kier molecular flexibility index (Phi) is 5.38. The van der Waals surface area contributed by atoms with E-state index in [9.17, 15) is 18.0 Å². The molecule has 3 N–H and O–H groups in total. The van der Waals surface area contributed by atoms with Gasteiger partial charge in [-0.25, -0.2) is 15.3 Å². The Hall–Kier alpha value is -2.98. The monoisotopic (exact) mass is 399 g/mol. The summed E-state index contributed by atoms with van der Waals surface area (Å²) in [5, 5.41) is 7.18. The van der Waals surface area contributed by atoms with Gasteiger partial charge in [-0.1, -0.05) is 23.7 Å². The lowest BCUT2D eigenvalue weighted by Gasteiger charge is -2.15. The summed E-state index contributed by atoms with van der Waals surface area (Å²) in [5.41, 5.74) is 5.62. The molecule has 0 spiro atoms. The molecule has 11 heteroatoms. The second-order valence-electron chi connectivity index (χ2n) is 5.40. The maximum Gasteiger partial charge on any atom is 0.417 e. The van der Waals surface area contributed by atoms with Gasteiger partial charge in [0, 0.05) is 5.69 Å². The van der Waals surface area contributed by atoms with Crippen LogP contribution in [0.5, 0.6) is 0 Å². The third-order valence-corrected chi connectivity index (χ3v) is 3.81. The van der Waals surface area contributed by atoms with E-state index >= 15 is 0 Å². The Morgan fingerprint density at radius 2 is 2.07 bits per heavy atom. The Morgan fingerprint density at radius 3 is 2.78 bits per heavy atom. The summed E-state index contributed by atoms with van der Waals surface area (Å²) in [4.78, 5) is 11.9. The van der Waals surface area contributed by atoms with Gasteiger partial charge >= 0.3 is 12.3 Å². The zero-order valence-corrected chi connectivity index (χ0v) is 14.3. The first-order valence-corrected chi connectivity index (χ1v) is 7.93. The molecule has 0 saturated carbocycles. The van der Waals surface area contributed by atoms with Crippen LogP contribution in [0.2, 0.25) is 5.02 Å². The minimum atomic E-state index is -4.62. The molecule has 0 atom stereocenters. The van der Waals surface area contributed by atoms with Gasteiger partial charge in [0.1, 0.15) is 12.9 Å². The first-order valence-electron chi connectivity index (χ1n) is 7.55. The molecular formula is C16H13ClF3N5O2. The summed E-state index contributed by atoms with van der Waals surface area (Å²) < 4.78 is 43.6. The number of hydrogen-bond acceptors (Lipinski definition) is 6. The maximum atomic E-state index is 12.9. The normalized spacial score (nSPS) is 13.4. The van der Waals surface area contributed by atoms with Crippen molar-refractivity contribution >= 4 is 35.4 Å². The number of alkyl halides is 3. The summed E-state index contributed by atoms with van der Waals surface area (Å²) in [7, 11) is 0. The minimum absolute atomic E-state index is 0.0716. The highest BCUT2D eigenvalue weighted by molar-refractivity contribution is 6.31. The van der Waals surface area contributed by atoms with Crippen LogP contribution in [0, 0.1) is 0 Å². The summed E-state index contributed by atoms with van der Waals surface area (Å²) in [6.07, 6.45) is -4.00. The fraction of sp³-hybridized carbons (Fsp3) is 0.125. The quantitative estimate of drug-likeness (QED) is 0.727. The third kappa shape index (κ3) is 4.80. The topological polar surface area (TPSA) is 78.0 Å². The Balaban J connectivity index is 1.60. The van der Waals surface area contributed by atoms with Crippen LogP contribution in [0.3, 0.4) is 0 Å². The fourth-order valence-corrected chi connectivity index (χ4v) is 2.47. The molecule has 0 bridgehead atoms. The van der Waals surface area contributed by atoms with Crippen molar-refractivity contribution in [2.75, 3.05) is 10.3 Å². The molecule has 3 rings (SSSR count). The molecule has 0 fully saturated rings. The fourth-order valence-electron chi connectivity index (χ4n) is 2.25. The van der Waals surface area contributed by atoms with Crippen molar-refractivity contribution < 1.29 is 22.7 Å². The standard InChI is InChI=1S/C16H13ClF3N5O2/c17-14-5-4-11(7-13(14)16(18,19)20)22-15(26)27-8-10-2-1-3-12(6-10)25-9-21-23-24-25/h1-7,9,23-24H,8H2,(H,22,26). The van der Waals surface area contributed by atoms with E-state index in [0.717, 1.165) is 17.8 Å². The van der Waals surface area contributed by atoms with E-state index in [2.05, 4.69) is 21.5 Å². The van der Waals surface area contributed by atoms with Crippen molar-refractivity contribution in [2.24, 2.45) is 5.10 Å². The van der Waals surface area contributed by atoms with E-state index < -0.39 is 22.9 Å². The zero-order chi connectivity index (χ0) is 19.4. The molecule has 0 aromatic heterocycles. The first-order chi connectivity index (χ1) is 12.8. The molecular weight excluding hydrogens is 387 g/mol. The number of hydrazone groups is 1. The maximum absolute atomic E-state index is 12.9. The molecule has 1 heterocycles. The van der Waals surface area contributed by atoms with Gasteiger partial charge < -0.3 is 4.74 Å². The average Bonchev–Trinajstić information content (AvgIpc) is 3.16. The van der Waals surface area contributed by atoms with Crippen molar-refractivity contribution in [3.05, 3.63) is 58.6 Å². The molecule has 0 radical (unpaired) electrons. The number of benzene rings is 2. The highest BCUT2D eigenvalue weighted by Crippen LogP contribution is 2.36. The summed E-state index contributed by atoms with van der Waals surface area (Å²) in [6, 6.07) is 10.1. The van der Waals surface area contributed by atoms with Crippen LogP contribution in [0.4, 0.5) is 29.3 Å². The molecule has 0 unspecified atom stereocenters. The molecule has 1 aliphatic rings. The lowest BCUT2D eigenvalue weighted by molar-refractivity contribution is -0.137. The summed E-state index contributed by atoms with van der Waals surface area (Å²) in [5.74, 6) is 0. The summed E-state index contributed by atoms with van der Waals surface area (Å²) in [6.45, 7) is -0.0716. The minimum Gasteiger partial charge on any atom is -0.444 e. The molecule has 0 saturated heterocycles. The highest BCUT2D eigenvalue weighted by Gasteiger charge is 2.33. The largest absolute Gasteiger partial charge is 0.444 e. The molecule has 7 nitrogen and oxygen atoms in total. The molecule has 142 valence electrons. The number of ether oxygens (including phenoxy) is 1. The molecule has 2 aromatic carbocycles. The number of halogens is 4. The Labute approximate surface area is 156 Å². The Bertz CT molecular complexity index is 875. The van der Waals surface area contributed by atoms with Crippen LogP contribution in [-0.4, -0.2) is 12.4 Å². The SMILES string of the molecule is O=C(Nc1ccc(Cl)c(C(F)(F)F)c1)OCc1cccc(N2C=NNN2)c1. The number of carbonyl (C=O) groups is 1. The van der Waals surface area contributed by atoms with Crippen LogP contribution in [-0.2, 0) is 17.5 Å². The highest BCUT2D eigenvalue weighted by atomic mass is 35.5. The second kappa shape index (κ2) is 7.72. The number of hydrogen-bond donors (Lipinski definition) is 3. The predicted molar refractivity (Wildman–Crippen MR) is 93.9 cm³/mol. The molecule has 1 aliphatic heterocycles.